The molecule has 2 bridgehead atoms. The van der Waals surface area contributed by atoms with Crippen LogP contribution in [0, 0.1) is 17.8 Å². The summed E-state index contributed by atoms with van der Waals surface area (Å²) < 4.78 is 23.8. The molecule has 1 aromatic rings. The maximum absolute atomic E-state index is 13.3. The summed E-state index contributed by atoms with van der Waals surface area (Å²) in [6.07, 6.45) is 6.09. The van der Waals surface area contributed by atoms with Crippen LogP contribution >= 0.6 is 0 Å². The average molecular weight is 1110 g/mol. The first kappa shape index (κ1) is 66.8. The molecule has 20 nitrogen and oxygen atoms in total. The molecule has 79 heavy (non-hydrogen) atoms. The lowest BCUT2D eigenvalue weighted by molar-refractivity contribution is -0.308. The van der Waals surface area contributed by atoms with Gasteiger partial charge in [-0.15, -0.1) is 0 Å². The maximum atomic E-state index is 13.3. The van der Waals surface area contributed by atoms with Gasteiger partial charge in [0.1, 0.15) is 18.1 Å². The van der Waals surface area contributed by atoms with Crippen molar-refractivity contribution in [3.05, 3.63) is 115 Å². The summed E-state index contributed by atoms with van der Waals surface area (Å²) in [5, 5.41) is 122. The van der Waals surface area contributed by atoms with Crippen molar-refractivity contribution in [2.45, 2.75) is 202 Å². The van der Waals surface area contributed by atoms with Gasteiger partial charge >= 0.3 is 11.9 Å². The zero-order valence-corrected chi connectivity index (χ0v) is 45.8. The molecule has 19 atom stereocenters. The van der Waals surface area contributed by atoms with Crippen LogP contribution in [0.5, 0.6) is 0 Å². The fraction of sp³-hybridized carbons (Fsp3) is 0.610. The molecule has 1 aromatic carbocycles. The lowest BCUT2D eigenvalue weighted by Gasteiger charge is -2.45. The molecule has 15 unspecified atom stereocenters. The Balaban J connectivity index is 1.52. The number of carboxylic acids is 1. The zero-order chi connectivity index (χ0) is 58.2. The lowest BCUT2D eigenvalue weighted by atomic mass is 9.82. The highest BCUT2D eigenvalue weighted by Gasteiger charge is 2.51. The third kappa shape index (κ3) is 23.3. The van der Waals surface area contributed by atoms with E-state index in [0.29, 0.717) is 12.0 Å². The van der Waals surface area contributed by atoms with Gasteiger partial charge in [0.2, 0.25) is 0 Å². The van der Waals surface area contributed by atoms with Gasteiger partial charge in [0.05, 0.1) is 79.6 Å². The Morgan fingerprint density at radius 1 is 0.747 bits per heavy atom. The van der Waals surface area contributed by atoms with E-state index < -0.39 is 135 Å². The number of rotatable bonds is 11. The monoisotopic (exact) mass is 1110 g/mol. The molecule has 4 rings (SSSR count). The topological polar surface area (TPSA) is 349 Å². The molecule has 0 spiro atoms. The number of aliphatic carboxylic acids is 1. The van der Waals surface area contributed by atoms with E-state index in [9.17, 15) is 70.6 Å². The standard InChI is InChI=1S/C59H88N2O18/c1-36-18-15-13-11-9-7-5-6-8-10-12-14-16-21-47(77-58-55(72)53(60)54(71)38(3)76-58)33-50-52(57(73)74)49(69)35-59(75,79-50)34-46(67)30-44(65)28-41(62)19-17-20-42(63)29-45(66)32-51(70)78-56(36)37(2)22-27-43(64)31-48(68)39-23-25-40(61-4)26-24-39/h5-16,18,21,23-26,36-38,41-47,49-50,52-56,58,61-67,69,71-72,75H,17,19-20,22,27-35,60H2,1-4H3,(H,73,74)/b6-5+,9-7+,10-8+,13-11+,14-12+,18-15+,21-16+/t36?,37?,38-,41?,42?,43?,44?,45?,46?,47?,49?,50?,52?,53+,54-,55+,56?,58?,59?/m1/s1. The number of aliphatic hydroxyl groups is 10. The number of anilines is 1. The van der Waals surface area contributed by atoms with Crippen molar-refractivity contribution >= 4 is 23.4 Å². The second-order valence-corrected chi connectivity index (χ2v) is 21.4. The number of nitrogens with one attached hydrogen (secondary N) is 1. The third-order valence-electron chi connectivity index (χ3n) is 14.5. The summed E-state index contributed by atoms with van der Waals surface area (Å²) in [7, 11) is 1.78. The Bertz CT molecular complexity index is 2220. The Hall–Kier alpha value is -4.75. The van der Waals surface area contributed by atoms with E-state index in [4.69, 9.17) is 24.7 Å². The molecule has 2 saturated heterocycles. The van der Waals surface area contributed by atoms with Crippen LogP contribution in [0.2, 0.25) is 0 Å². The molecule has 0 aromatic heterocycles. The second-order valence-electron chi connectivity index (χ2n) is 21.4. The Morgan fingerprint density at radius 2 is 1.30 bits per heavy atom. The second kappa shape index (κ2) is 33.9. The minimum absolute atomic E-state index is 0.0782. The largest absolute Gasteiger partial charge is 0.481 e. The van der Waals surface area contributed by atoms with Crippen LogP contribution in [0.25, 0.3) is 0 Å². The fourth-order valence-electron chi connectivity index (χ4n) is 10.1. The summed E-state index contributed by atoms with van der Waals surface area (Å²) in [6, 6.07) is 5.82. The van der Waals surface area contributed by atoms with E-state index in [2.05, 4.69) is 5.32 Å². The Labute approximate surface area is 463 Å². The number of nitrogens with two attached hydrogens (primary N) is 1. The van der Waals surface area contributed by atoms with Gasteiger partial charge in [-0.3, -0.25) is 14.4 Å². The van der Waals surface area contributed by atoms with Crippen LogP contribution in [0.3, 0.4) is 0 Å². The van der Waals surface area contributed by atoms with Crippen molar-refractivity contribution in [3.8, 4) is 0 Å². The number of Topliss-reactive ketones (excluding diaryl/α,β-unsaturated/α-hetero) is 1. The van der Waals surface area contributed by atoms with Gasteiger partial charge in [0, 0.05) is 49.9 Å². The van der Waals surface area contributed by atoms with Gasteiger partial charge in [-0.2, -0.15) is 0 Å². The van der Waals surface area contributed by atoms with Gasteiger partial charge in [0.15, 0.2) is 17.9 Å². The van der Waals surface area contributed by atoms with Crippen LogP contribution in [-0.4, -0.2) is 178 Å². The van der Waals surface area contributed by atoms with E-state index in [0.717, 1.165) is 5.69 Å². The van der Waals surface area contributed by atoms with E-state index >= 15 is 0 Å². The summed E-state index contributed by atoms with van der Waals surface area (Å²) in [5.74, 6) is -6.77. The van der Waals surface area contributed by atoms with Crippen molar-refractivity contribution in [2.75, 3.05) is 12.4 Å². The van der Waals surface area contributed by atoms with Crippen LogP contribution in [0.4, 0.5) is 5.69 Å². The first-order valence-corrected chi connectivity index (χ1v) is 27.5. The lowest BCUT2D eigenvalue weighted by Crippen LogP contribution is -2.61. The molecule has 3 aliphatic heterocycles. The van der Waals surface area contributed by atoms with E-state index in [1.54, 1.807) is 92.1 Å². The summed E-state index contributed by atoms with van der Waals surface area (Å²) in [5.41, 5.74) is 7.39. The van der Waals surface area contributed by atoms with E-state index in [-0.39, 0.29) is 75.4 Å². The van der Waals surface area contributed by atoms with Crippen molar-refractivity contribution in [2.24, 2.45) is 23.5 Å². The molecule has 20 heteroatoms. The molecule has 0 radical (unpaired) electrons. The molecule has 14 N–H and O–H groups in total. The number of benzene rings is 1. The van der Waals surface area contributed by atoms with Gasteiger partial charge < -0.3 is 86.2 Å². The fourth-order valence-corrected chi connectivity index (χ4v) is 10.1. The number of hydrogen-bond donors (Lipinski definition) is 13. The predicted octanol–water partition coefficient (Wildman–Crippen LogP) is 3.57. The number of carbonyl (C=O) groups excluding carboxylic acids is 2. The number of carbonyl (C=O) groups is 3. The highest BCUT2D eigenvalue weighted by Crippen LogP contribution is 2.38. The minimum atomic E-state index is -2.29. The third-order valence-corrected chi connectivity index (χ3v) is 14.5. The first-order chi connectivity index (χ1) is 37.5. The molecule has 3 aliphatic rings. The number of hydrogen-bond acceptors (Lipinski definition) is 19. The average Bonchev–Trinajstić information content (AvgIpc) is 3.40. The predicted molar refractivity (Wildman–Crippen MR) is 295 cm³/mol. The molecule has 0 aliphatic carbocycles. The van der Waals surface area contributed by atoms with Crippen LogP contribution in [-0.2, 0) is 28.5 Å². The number of cyclic esters (lactones) is 1. The molecule has 2 fully saturated rings. The molecule has 3 heterocycles. The number of ketones is 1. The number of esters is 1. The molecular weight excluding hydrogens is 1020 g/mol. The smallest absolute Gasteiger partial charge is 0.311 e. The summed E-state index contributed by atoms with van der Waals surface area (Å²) in [4.78, 5) is 38.8. The number of carboxylic acid groups (broad SMARTS) is 1. The van der Waals surface area contributed by atoms with Crippen LogP contribution in [0.1, 0.15) is 115 Å². The maximum Gasteiger partial charge on any atom is 0.311 e. The molecule has 0 amide bonds. The van der Waals surface area contributed by atoms with Gasteiger partial charge in [0.25, 0.3) is 0 Å². The SMILES string of the molecule is CNc1ccc(C(=O)CC(O)CCC(C)C2OC(=O)CC(O)CC(O)CCCC(O)CC(O)CC(O)CC3(O)CC(O)C(C(=O)O)C(CC(OC4O[C@H](C)[C@@H](O)[C@H](N)[C@@H]4O)/C=C/C=C/C=C/C=C/C=C/C=C/C=C/C2C)O3)cc1. The Morgan fingerprint density at radius 3 is 1.89 bits per heavy atom. The van der Waals surface area contributed by atoms with Crippen molar-refractivity contribution in [1.82, 2.24) is 0 Å². The molecule has 442 valence electrons. The van der Waals surface area contributed by atoms with Crippen molar-refractivity contribution in [3.63, 3.8) is 0 Å². The first-order valence-electron chi connectivity index (χ1n) is 27.5. The molecule has 0 saturated carbocycles. The normalized spacial score (nSPS) is 38.3. The summed E-state index contributed by atoms with van der Waals surface area (Å²) >= 11 is 0. The van der Waals surface area contributed by atoms with Crippen molar-refractivity contribution < 1.29 is 89.5 Å². The number of allylic oxidation sites excluding steroid dienone is 12. The summed E-state index contributed by atoms with van der Waals surface area (Å²) in [6.45, 7) is 5.31. The zero-order valence-electron chi connectivity index (χ0n) is 45.8. The van der Waals surface area contributed by atoms with Crippen LogP contribution < -0.4 is 11.1 Å². The van der Waals surface area contributed by atoms with Gasteiger partial charge in [-0.05, 0) is 88.5 Å². The highest BCUT2D eigenvalue weighted by atomic mass is 16.7. The van der Waals surface area contributed by atoms with Gasteiger partial charge in [-0.1, -0.05) is 98.9 Å². The van der Waals surface area contributed by atoms with Gasteiger partial charge in [-0.25, -0.2) is 0 Å². The van der Waals surface area contributed by atoms with Crippen LogP contribution in [0.15, 0.2) is 109 Å². The minimum Gasteiger partial charge on any atom is -0.481 e. The Kier molecular flexibility index (Phi) is 28.6. The van der Waals surface area contributed by atoms with E-state index in [1.165, 1.54) is 13.0 Å². The van der Waals surface area contributed by atoms with E-state index in [1.807, 2.05) is 32.1 Å². The number of aliphatic hydroxyl groups excluding tert-OH is 9. The quantitative estimate of drug-likeness (QED) is 0.111. The molecular formula is C59H88N2O18. The van der Waals surface area contributed by atoms with Crippen molar-refractivity contribution in [1.29, 1.82) is 0 Å². The highest BCUT2D eigenvalue weighted by molar-refractivity contribution is 5.96. The number of ether oxygens (including phenoxy) is 4. The number of fused-ring (bicyclic) bond motifs is 2.